The molecule has 0 unspecified atom stereocenters. The highest BCUT2D eigenvalue weighted by atomic mass is 16.6. The fourth-order valence-corrected chi connectivity index (χ4v) is 0.705. The summed E-state index contributed by atoms with van der Waals surface area (Å²) in [5.41, 5.74) is 0.804. The van der Waals surface area contributed by atoms with E-state index in [1.807, 2.05) is 0 Å². The summed E-state index contributed by atoms with van der Waals surface area (Å²) >= 11 is 0. The number of nitro groups is 1. The van der Waals surface area contributed by atoms with E-state index in [2.05, 4.69) is 6.58 Å². The second kappa shape index (κ2) is 2.47. The molecule has 3 nitrogen and oxygen atoms in total. The molecule has 0 aromatic rings. The predicted molar refractivity (Wildman–Crippen MR) is 38.2 cm³/mol. The highest BCUT2D eigenvalue weighted by Gasteiger charge is 2.13. The number of hydrogen-bond acceptors (Lipinski definition) is 2. The third-order valence-electron chi connectivity index (χ3n) is 1.26. The molecule has 3 heteroatoms. The Labute approximate surface area is 58.5 Å². The summed E-state index contributed by atoms with van der Waals surface area (Å²) in [5, 5.41) is 10.1. The summed E-state index contributed by atoms with van der Waals surface area (Å²) in [6, 6.07) is -0.662. The van der Waals surface area contributed by atoms with Gasteiger partial charge in [-0.2, -0.15) is 0 Å². The Hall–Kier alpha value is -1.38. The normalized spacial score (nSPS) is 17.8. The molecule has 0 saturated carbocycles. The van der Waals surface area contributed by atoms with E-state index >= 15 is 0 Å². The molecule has 10 heavy (non-hydrogen) atoms. The van der Waals surface area contributed by atoms with Gasteiger partial charge in [-0.15, -0.1) is 0 Å². The Morgan fingerprint density at radius 1 is 1.50 bits per heavy atom. The van der Waals surface area contributed by atoms with Crippen LogP contribution in [0.4, 0.5) is 0 Å². The zero-order chi connectivity index (χ0) is 7.56. The molecule has 0 radical (unpaired) electrons. The van der Waals surface area contributed by atoms with Crippen LogP contribution >= 0.6 is 0 Å². The van der Waals surface area contributed by atoms with Crippen LogP contribution in [0.5, 0.6) is 0 Å². The molecule has 1 rings (SSSR count). The molecule has 1 aliphatic rings. The van der Waals surface area contributed by atoms with Gasteiger partial charge in [-0.25, -0.2) is 0 Å². The smallest absolute Gasteiger partial charge is 0.250 e. The number of rotatable bonds is 1. The molecule has 0 atom stereocenters. The lowest BCUT2D eigenvalue weighted by Crippen LogP contribution is -2.14. The first kappa shape index (κ1) is 6.74. The second-order valence-electron chi connectivity index (χ2n) is 2.07. The summed E-state index contributed by atoms with van der Waals surface area (Å²) in [6.45, 7) is 3.61. The van der Waals surface area contributed by atoms with Gasteiger partial charge in [0.25, 0.3) is 0 Å². The highest BCUT2D eigenvalue weighted by molar-refractivity contribution is 5.33. The van der Waals surface area contributed by atoms with Crippen LogP contribution in [0.15, 0.2) is 36.5 Å². The number of allylic oxidation sites excluding steroid dienone is 3. The zero-order valence-corrected chi connectivity index (χ0v) is 5.36. The van der Waals surface area contributed by atoms with Gasteiger partial charge in [-0.05, 0) is 17.7 Å². The van der Waals surface area contributed by atoms with Gasteiger partial charge in [0.2, 0.25) is 6.04 Å². The van der Waals surface area contributed by atoms with Crippen molar-refractivity contribution in [3.8, 4) is 0 Å². The molecule has 0 aliphatic heterocycles. The van der Waals surface area contributed by atoms with E-state index in [1.165, 1.54) is 12.2 Å². The molecule has 0 bridgehead atoms. The van der Waals surface area contributed by atoms with Crippen molar-refractivity contribution in [2.45, 2.75) is 6.04 Å². The average molecular weight is 137 g/mol. The molecule has 0 aromatic heterocycles. The first-order valence-electron chi connectivity index (χ1n) is 2.89. The molecular formula is C7H7NO2. The van der Waals surface area contributed by atoms with Gasteiger partial charge in [-0.1, -0.05) is 18.7 Å². The fraction of sp³-hybridized carbons (Fsp3) is 0.143. The van der Waals surface area contributed by atoms with Crippen molar-refractivity contribution >= 4 is 0 Å². The lowest BCUT2D eigenvalue weighted by atomic mass is 10.1. The van der Waals surface area contributed by atoms with Crippen molar-refractivity contribution in [3.05, 3.63) is 46.6 Å². The Bertz CT molecular complexity index is 212. The van der Waals surface area contributed by atoms with Crippen LogP contribution in [0.1, 0.15) is 0 Å². The largest absolute Gasteiger partial charge is 0.264 e. The minimum Gasteiger partial charge on any atom is -0.264 e. The molecule has 0 aromatic carbocycles. The van der Waals surface area contributed by atoms with E-state index in [4.69, 9.17) is 0 Å². The first-order valence-corrected chi connectivity index (χ1v) is 2.89. The van der Waals surface area contributed by atoms with Gasteiger partial charge >= 0.3 is 0 Å². The molecule has 0 N–H and O–H groups in total. The monoisotopic (exact) mass is 137 g/mol. The van der Waals surface area contributed by atoms with E-state index in [0.717, 1.165) is 5.57 Å². The van der Waals surface area contributed by atoms with Crippen molar-refractivity contribution in [1.29, 1.82) is 0 Å². The maximum atomic E-state index is 10.1. The fourth-order valence-electron chi connectivity index (χ4n) is 0.705. The molecular weight excluding hydrogens is 130 g/mol. The van der Waals surface area contributed by atoms with Gasteiger partial charge in [-0.3, -0.25) is 10.1 Å². The maximum Gasteiger partial charge on any atom is 0.250 e. The molecule has 0 fully saturated rings. The topological polar surface area (TPSA) is 43.1 Å². The van der Waals surface area contributed by atoms with Crippen LogP contribution in [0.2, 0.25) is 0 Å². The van der Waals surface area contributed by atoms with Crippen LogP contribution in [0.3, 0.4) is 0 Å². The van der Waals surface area contributed by atoms with Gasteiger partial charge in [0.05, 0.1) is 0 Å². The van der Waals surface area contributed by atoms with Gasteiger partial charge in [0.15, 0.2) is 0 Å². The Kier molecular flexibility index (Phi) is 1.67. The molecule has 0 saturated heterocycles. The zero-order valence-electron chi connectivity index (χ0n) is 5.36. The Morgan fingerprint density at radius 2 is 2.00 bits per heavy atom. The Morgan fingerprint density at radius 3 is 2.40 bits per heavy atom. The van der Waals surface area contributed by atoms with Crippen molar-refractivity contribution in [2.24, 2.45) is 0 Å². The van der Waals surface area contributed by atoms with Crippen LogP contribution in [-0.2, 0) is 0 Å². The summed E-state index contributed by atoms with van der Waals surface area (Å²) < 4.78 is 0. The van der Waals surface area contributed by atoms with E-state index in [9.17, 15) is 10.1 Å². The minimum atomic E-state index is -0.662. The van der Waals surface area contributed by atoms with Crippen molar-refractivity contribution in [2.75, 3.05) is 0 Å². The minimum absolute atomic E-state index is 0.348. The molecule has 1 aliphatic carbocycles. The van der Waals surface area contributed by atoms with Crippen molar-refractivity contribution < 1.29 is 4.92 Å². The Balaban J connectivity index is 2.71. The number of nitrogens with zero attached hydrogens (tertiary/aromatic N) is 1. The van der Waals surface area contributed by atoms with E-state index in [0.29, 0.717) is 0 Å². The standard InChI is InChI=1S/C7H7NO2/c1-6-2-4-7(5-3-6)8(9)10/h2-5,7H,1H2. The van der Waals surface area contributed by atoms with Crippen molar-refractivity contribution in [1.82, 2.24) is 0 Å². The predicted octanol–water partition coefficient (Wildman–Crippen LogP) is 1.31. The third-order valence-corrected chi connectivity index (χ3v) is 1.26. The quantitative estimate of drug-likeness (QED) is 0.404. The van der Waals surface area contributed by atoms with Crippen LogP contribution in [0.25, 0.3) is 0 Å². The van der Waals surface area contributed by atoms with Crippen LogP contribution in [0, 0.1) is 10.1 Å². The van der Waals surface area contributed by atoms with Gasteiger partial charge < -0.3 is 0 Å². The summed E-state index contributed by atoms with van der Waals surface area (Å²) in [7, 11) is 0. The van der Waals surface area contributed by atoms with Crippen molar-refractivity contribution in [3.63, 3.8) is 0 Å². The molecule has 0 heterocycles. The summed E-state index contributed by atoms with van der Waals surface area (Å²) in [6.07, 6.45) is 6.32. The maximum absolute atomic E-state index is 10.1. The summed E-state index contributed by atoms with van der Waals surface area (Å²) in [4.78, 5) is 9.79. The summed E-state index contributed by atoms with van der Waals surface area (Å²) in [5.74, 6) is 0. The second-order valence-corrected chi connectivity index (χ2v) is 2.07. The molecule has 52 valence electrons. The SMILES string of the molecule is C=C1C=CC([N+](=O)[O-])C=C1. The van der Waals surface area contributed by atoms with Crippen LogP contribution < -0.4 is 0 Å². The molecule has 0 amide bonds. The first-order chi connectivity index (χ1) is 4.70. The lowest BCUT2D eigenvalue weighted by Gasteiger charge is -2.02. The van der Waals surface area contributed by atoms with Crippen LogP contribution in [-0.4, -0.2) is 11.0 Å². The lowest BCUT2D eigenvalue weighted by molar-refractivity contribution is -0.496. The van der Waals surface area contributed by atoms with E-state index < -0.39 is 6.04 Å². The van der Waals surface area contributed by atoms with Gasteiger partial charge in [0, 0.05) is 4.92 Å². The van der Waals surface area contributed by atoms with E-state index in [1.54, 1.807) is 12.2 Å². The number of hydrogen-bond donors (Lipinski definition) is 0. The third kappa shape index (κ3) is 1.31. The average Bonchev–Trinajstić information content (AvgIpc) is 1.88. The van der Waals surface area contributed by atoms with Gasteiger partial charge in [0.1, 0.15) is 0 Å². The molecule has 0 spiro atoms. The van der Waals surface area contributed by atoms with E-state index in [-0.39, 0.29) is 4.92 Å². The highest BCUT2D eigenvalue weighted by Crippen LogP contribution is 2.07.